The predicted octanol–water partition coefficient (Wildman–Crippen LogP) is 2.84. The predicted molar refractivity (Wildman–Crippen MR) is 129 cm³/mol. The van der Waals surface area contributed by atoms with Crippen molar-refractivity contribution in [3.63, 3.8) is 0 Å². The lowest BCUT2D eigenvalue weighted by Gasteiger charge is -2.29. The Kier molecular flexibility index (Phi) is 7.84. The Morgan fingerprint density at radius 3 is 3.03 bits per heavy atom. The van der Waals surface area contributed by atoms with Gasteiger partial charge in [-0.2, -0.15) is 5.26 Å². The number of anilines is 1. The van der Waals surface area contributed by atoms with Crippen molar-refractivity contribution in [2.45, 2.75) is 30.6 Å². The van der Waals surface area contributed by atoms with Gasteiger partial charge in [-0.3, -0.25) is 9.59 Å². The lowest BCUT2D eigenvalue weighted by atomic mass is 10.1. The van der Waals surface area contributed by atoms with Crippen LogP contribution in [0.5, 0.6) is 5.75 Å². The normalized spacial score (nSPS) is 15.0. The number of carbonyl (C=O) groups excluding carboxylic acids is 2. The number of thioether (sulfide) groups is 1. The zero-order valence-corrected chi connectivity index (χ0v) is 19.9. The number of benzene rings is 1. The number of ether oxygens (including phenoxy) is 1. The summed E-state index contributed by atoms with van der Waals surface area (Å²) in [5, 5.41) is 15.1. The molecule has 1 aromatic carbocycles. The van der Waals surface area contributed by atoms with Crippen LogP contribution in [0.1, 0.15) is 28.1 Å². The third kappa shape index (κ3) is 5.91. The van der Waals surface area contributed by atoms with Gasteiger partial charge in [-0.15, -0.1) is 11.8 Å². The summed E-state index contributed by atoms with van der Waals surface area (Å²) in [5.74, 6) is 1.29. The number of carbonyl (C=O) groups is 2. The minimum Gasteiger partial charge on any atom is -0.497 e. The van der Waals surface area contributed by atoms with Gasteiger partial charge in [0.25, 0.3) is 5.91 Å². The maximum Gasteiger partial charge on any atom is 0.259 e. The number of nitriles is 1. The van der Waals surface area contributed by atoms with Crippen LogP contribution in [0.15, 0.2) is 58.3 Å². The molecule has 10 nitrogen and oxygen atoms in total. The van der Waals surface area contributed by atoms with Crippen LogP contribution < -0.4 is 15.4 Å². The highest BCUT2D eigenvalue weighted by Crippen LogP contribution is 2.30. The van der Waals surface area contributed by atoms with Gasteiger partial charge in [0.15, 0.2) is 0 Å². The molecule has 2 amide bonds. The van der Waals surface area contributed by atoms with E-state index in [1.54, 1.807) is 25.5 Å². The fraction of sp³-hybridized carbons (Fsp3) is 0.292. The van der Waals surface area contributed by atoms with E-state index in [1.165, 1.54) is 22.9 Å². The third-order valence-electron chi connectivity index (χ3n) is 5.33. The van der Waals surface area contributed by atoms with Crippen molar-refractivity contribution >= 4 is 29.5 Å². The van der Waals surface area contributed by atoms with Gasteiger partial charge in [0, 0.05) is 25.0 Å². The first-order chi connectivity index (χ1) is 17.1. The van der Waals surface area contributed by atoms with Crippen molar-refractivity contribution in [1.82, 2.24) is 20.2 Å². The van der Waals surface area contributed by atoms with E-state index in [-0.39, 0.29) is 24.9 Å². The van der Waals surface area contributed by atoms with E-state index in [0.717, 1.165) is 5.56 Å². The molecule has 0 aliphatic carbocycles. The Labute approximate surface area is 206 Å². The van der Waals surface area contributed by atoms with E-state index in [9.17, 15) is 9.59 Å². The maximum atomic E-state index is 13.7. The van der Waals surface area contributed by atoms with Gasteiger partial charge < -0.3 is 24.7 Å². The molecule has 11 heteroatoms. The number of fused-ring (bicyclic) bond motifs is 1. The maximum absolute atomic E-state index is 13.7. The molecule has 2 aromatic heterocycles. The number of nitrogens with one attached hydrogen (secondary N) is 2. The lowest BCUT2D eigenvalue weighted by molar-refractivity contribution is -0.125. The molecule has 2 N–H and O–H groups in total. The Morgan fingerprint density at radius 1 is 1.37 bits per heavy atom. The molecule has 0 saturated heterocycles. The summed E-state index contributed by atoms with van der Waals surface area (Å²) in [4.78, 5) is 37.1. The van der Waals surface area contributed by atoms with Crippen LogP contribution in [0.4, 0.5) is 5.95 Å². The van der Waals surface area contributed by atoms with E-state index in [2.05, 4.69) is 26.7 Å². The number of nitrogens with zero attached hydrogens (tertiary/aromatic N) is 4. The summed E-state index contributed by atoms with van der Waals surface area (Å²) < 4.78 is 10.6. The van der Waals surface area contributed by atoms with Crippen LogP contribution in [0.3, 0.4) is 0 Å². The van der Waals surface area contributed by atoms with Crippen molar-refractivity contribution in [3.05, 3.63) is 65.7 Å². The highest BCUT2D eigenvalue weighted by atomic mass is 32.2. The molecule has 1 atom stereocenters. The summed E-state index contributed by atoms with van der Waals surface area (Å²) in [7, 11) is 1.58. The van der Waals surface area contributed by atoms with E-state index in [1.807, 2.05) is 24.3 Å². The van der Waals surface area contributed by atoms with E-state index in [4.69, 9.17) is 14.4 Å². The Morgan fingerprint density at radius 2 is 2.26 bits per heavy atom. The van der Waals surface area contributed by atoms with Crippen molar-refractivity contribution in [2.24, 2.45) is 0 Å². The first-order valence-electron chi connectivity index (χ1n) is 10.9. The van der Waals surface area contributed by atoms with Crippen molar-refractivity contribution in [3.8, 4) is 11.8 Å². The Hall–Kier alpha value is -4.04. The number of aromatic nitrogens is 2. The first kappa shape index (κ1) is 24.1. The first-order valence-corrected chi connectivity index (χ1v) is 11.9. The molecular formula is C24H24N6O4S. The van der Waals surface area contributed by atoms with Gasteiger partial charge in [-0.1, -0.05) is 12.1 Å². The number of furan rings is 1. The average Bonchev–Trinajstić information content (AvgIpc) is 3.36. The highest BCUT2D eigenvalue weighted by molar-refractivity contribution is 7.99. The van der Waals surface area contributed by atoms with Crippen LogP contribution in [-0.2, 0) is 17.9 Å². The Bertz CT molecular complexity index is 1230. The molecule has 1 aliphatic rings. The molecule has 180 valence electrons. The number of amides is 2. The molecule has 0 bridgehead atoms. The molecule has 3 aromatic rings. The molecule has 1 aliphatic heterocycles. The molecule has 35 heavy (non-hydrogen) atoms. The summed E-state index contributed by atoms with van der Waals surface area (Å²) in [6, 6.07) is 12.2. The van der Waals surface area contributed by atoms with Gasteiger partial charge in [-0.05, 0) is 29.8 Å². The van der Waals surface area contributed by atoms with E-state index in [0.29, 0.717) is 46.8 Å². The highest BCUT2D eigenvalue weighted by Gasteiger charge is 2.36. The molecule has 0 saturated carbocycles. The topological polar surface area (TPSA) is 133 Å². The smallest absolute Gasteiger partial charge is 0.259 e. The molecular weight excluding hydrogens is 468 g/mol. The number of methoxy groups -OCH3 is 1. The van der Waals surface area contributed by atoms with Crippen LogP contribution in [0.2, 0.25) is 0 Å². The third-order valence-corrected chi connectivity index (χ3v) is 6.39. The van der Waals surface area contributed by atoms with Gasteiger partial charge in [0.1, 0.15) is 22.6 Å². The van der Waals surface area contributed by atoms with Crippen molar-refractivity contribution < 1.29 is 18.7 Å². The zero-order chi connectivity index (χ0) is 24.6. The molecule has 3 heterocycles. The van der Waals surface area contributed by atoms with Gasteiger partial charge in [0.2, 0.25) is 11.9 Å². The number of rotatable bonds is 9. The zero-order valence-electron chi connectivity index (χ0n) is 19.1. The second-order valence-corrected chi connectivity index (χ2v) is 8.66. The Balaban J connectivity index is 1.61. The number of hydrogen-bond donors (Lipinski definition) is 2. The molecule has 0 radical (unpaired) electrons. The van der Waals surface area contributed by atoms with Crippen LogP contribution in [0, 0.1) is 11.3 Å². The summed E-state index contributed by atoms with van der Waals surface area (Å²) in [6.07, 6.45) is 3.31. The monoisotopic (exact) mass is 492 g/mol. The van der Waals surface area contributed by atoms with Crippen LogP contribution in [-0.4, -0.2) is 52.1 Å². The van der Waals surface area contributed by atoms with Crippen molar-refractivity contribution in [1.29, 1.82) is 5.26 Å². The quantitative estimate of drug-likeness (QED) is 0.342. The van der Waals surface area contributed by atoms with Crippen LogP contribution in [0.25, 0.3) is 0 Å². The minimum absolute atomic E-state index is 0.205. The van der Waals surface area contributed by atoms with Gasteiger partial charge in [0.05, 0.1) is 38.0 Å². The molecule has 1 unspecified atom stereocenters. The summed E-state index contributed by atoms with van der Waals surface area (Å²) in [5.41, 5.74) is 1.15. The number of hydrogen-bond acceptors (Lipinski definition) is 9. The fourth-order valence-electron chi connectivity index (χ4n) is 3.55. The second-order valence-electron chi connectivity index (χ2n) is 7.66. The molecule has 0 spiro atoms. The van der Waals surface area contributed by atoms with Crippen molar-refractivity contribution in [2.75, 3.05) is 24.7 Å². The largest absolute Gasteiger partial charge is 0.497 e. The minimum atomic E-state index is -0.752. The fourth-order valence-corrected chi connectivity index (χ4v) is 4.65. The van der Waals surface area contributed by atoms with Gasteiger partial charge in [-0.25, -0.2) is 9.97 Å². The summed E-state index contributed by atoms with van der Waals surface area (Å²) in [6.45, 7) is 0.818. The second kappa shape index (κ2) is 11.4. The van der Waals surface area contributed by atoms with E-state index >= 15 is 0 Å². The molecule has 0 fully saturated rings. The van der Waals surface area contributed by atoms with E-state index < -0.39 is 6.04 Å². The SMILES string of the molecule is COc1cccc(CN2C(=O)c3cnc(NCCC#N)nc3SCC2C(=O)NCc2ccco2)c1. The lowest BCUT2D eigenvalue weighted by Crippen LogP contribution is -2.49. The summed E-state index contributed by atoms with van der Waals surface area (Å²) >= 11 is 1.32. The standard InChI is InChI=1S/C24H24N6O4S/c1-33-17-6-2-5-16(11-17)14-30-20(21(31)27-12-18-7-3-10-34-18)15-35-22-19(23(30)32)13-28-24(29-22)26-9-4-8-25/h2-3,5-7,10-11,13,20H,4,9,12,14-15H2,1H3,(H,27,31)(H,26,28,29). The van der Waals surface area contributed by atoms with Crippen LogP contribution >= 0.6 is 11.8 Å². The van der Waals surface area contributed by atoms with Gasteiger partial charge >= 0.3 is 0 Å². The molecule has 4 rings (SSSR count). The average molecular weight is 493 g/mol.